The molecule has 0 rings (SSSR count). The van der Waals surface area contributed by atoms with Gasteiger partial charge in [0.25, 0.3) is 0 Å². The van der Waals surface area contributed by atoms with Gasteiger partial charge in [-0.3, -0.25) is 11.3 Å². The first-order valence-corrected chi connectivity index (χ1v) is 4.53. The minimum Gasteiger partial charge on any atom is -0.380 e. The molecule has 0 aromatic rings. The molecule has 0 radical (unpaired) electrons. The average molecular weight is 174 g/mol. The van der Waals surface area contributed by atoms with Crippen molar-refractivity contribution < 1.29 is 4.74 Å². The van der Waals surface area contributed by atoms with Gasteiger partial charge in [0.1, 0.15) is 0 Å². The summed E-state index contributed by atoms with van der Waals surface area (Å²) in [6.45, 7) is 10.0. The summed E-state index contributed by atoms with van der Waals surface area (Å²) in [6, 6.07) is 0.268. The van der Waals surface area contributed by atoms with E-state index in [4.69, 9.17) is 10.6 Å². The average Bonchev–Trinajstić information content (AvgIpc) is 1.95. The van der Waals surface area contributed by atoms with Gasteiger partial charge in [-0.05, 0) is 18.8 Å². The highest BCUT2D eigenvalue weighted by atomic mass is 16.5. The van der Waals surface area contributed by atoms with E-state index in [1.54, 1.807) is 0 Å². The van der Waals surface area contributed by atoms with Crippen LogP contribution in [0.4, 0.5) is 0 Å². The number of nitrogens with two attached hydrogens (primary N) is 1. The summed E-state index contributed by atoms with van der Waals surface area (Å²) >= 11 is 0. The van der Waals surface area contributed by atoms with Crippen molar-refractivity contribution in [2.75, 3.05) is 13.2 Å². The van der Waals surface area contributed by atoms with Crippen LogP contribution in [0.25, 0.3) is 0 Å². The number of rotatable bonds is 5. The fraction of sp³-hybridized carbons (Fsp3) is 1.00. The van der Waals surface area contributed by atoms with Gasteiger partial charge in [-0.1, -0.05) is 20.8 Å². The highest BCUT2D eigenvalue weighted by Crippen LogP contribution is 2.20. The summed E-state index contributed by atoms with van der Waals surface area (Å²) in [5.41, 5.74) is 3.07. The van der Waals surface area contributed by atoms with Gasteiger partial charge in [0, 0.05) is 12.6 Å². The quantitative estimate of drug-likeness (QED) is 0.488. The Hall–Kier alpha value is -0.120. The van der Waals surface area contributed by atoms with Crippen molar-refractivity contribution in [1.29, 1.82) is 0 Å². The van der Waals surface area contributed by atoms with Crippen molar-refractivity contribution in [3.63, 3.8) is 0 Å². The van der Waals surface area contributed by atoms with Crippen molar-refractivity contribution in [3.8, 4) is 0 Å². The molecule has 0 bridgehead atoms. The van der Waals surface area contributed by atoms with Crippen LogP contribution in [0, 0.1) is 5.41 Å². The molecule has 0 aliphatic rings. The summed E-state index contributed by atoms with van der Waals surface area (Å²) in [5.74, 6) is 5.39. The molecular formula is C9H22N2O. The zero-order chi connectivity index (χ0) is 9.61. The Morgan fingerprint density at radius 2 is 2.00 bits per heavy atom. The molecular weight excluding hydrogens is 152 g/mol. The standard InChI is InChI=1S/C9H22N2O/c1-5-12-7-8(11-10)6-9(2,3)4/h8,11H,5-7,10H2,1-4H3. The van der Waals surface area contributed by atoms with Crippen LogP contribution in [0.5, 0.6) is 0 Å². The number of hydrogen-bond acceptors (Lipinski definition) is 3. The molecule has 0 saturated heterocycles. The first-order chi connectivity index (χ1) is 5.49. The van der Waals surface area contributed by atoms with Gasteiger partial charge in [-0.15, -0.1) is 0 Å². The number of hydrazine groups is 1. The number of ether oxygens (including phenoxy) is 1. The molecule has 0 fully saturated rings. The van der Waals surface area contributed by atoms with Gasteiger partial charge in [0.05, 0.1) is 6.61 Å². The predicted molar refractivity (Wildman–Crippen MR) is 51.7 cm³/mol. The van der Waals surface area contributed by atoms with Crippen molar-refractivity contribution in [1.82, 2.24) is 5.43 Å². The summed E-state index contributed by atoms with van der Waals surface area (Å²) < 4.78 is 5.29. The Balaban J connectivity index is 3.67. The van der Waals surface area contributed by atoms with E-state index in [0.29, 0.717) is 12.0 Å². The fourth-order valence-electron chi connectivity index (χ4n) is 1.17. The Bertz CT molecular complexity index is 110. The molecule has 0 aliphatic heterocycles. The highest BCUT2D eigenvalue weighted by Gasteiger charge is 2.17. The molecule has 3 nitrogen and oxygen atoms in total. The molecule has 0 aromatic carbocycles. The molecule has 12 heavy (non-hydrogen) atoms. The SMILES string of the molecule is CCOCC(CC(C)(C)C)NN. The Kier molecular flexibility index (Phi) is 5.46. The lowest BCUT2D eigenvalue weighted by atomic mass is 9.88. The molecule has 0 spiro atoms. The summed E-state index contributed by atoms with van der Waals surface area (Å²) in [6.07, 6.45) is 1.03. The number of nitrogens with one attached hydrogen (secondary N) is 1. The van der Waals surface area contributed by atoms with Crippen LogP contribution >= 0.6 is 0 Å². The first kappa shape index (κ1) is 11.9. The third-order valence-corrected chi connectivity index (χ3v) is 1.62. The minimum absolute atomic E-state index is 0.268. The fourth-order valence-corrected chi connectivity index (χ4v) is 1.17. The molecule has 0 aliphatic carbocycles. The maximum Gasteiger partial charge on any atom is 0.0633 e. The second kappa shape index (κ2) is 5.51. The van der Waals surface area contributed by atoms with Crippen molar-refractivity contribution in [3.05, 3.63) is 0 Å². The molecule has 0 amide bonds. The lowest BCUT2D eigenvalue weighted by Crippen LogP contribution is -2.41. The highest BCUT2D eigenvalue weighted by molar-refractivity contribution is 4.72. The van der Waals surface area contributed by atoms with Crippen LogP contribution in [-0.2, 0) is 4.74 Å². The maximum atomic E-state index is 5.39. The smallest absolute Gasteiger partial charge is 0.0633 e. The summed E-state index contributed by atoms with van der Waals surface area (Å²) in [7, 11) is 0. The molecule has 3 heteroatoms. The van der Waals surface area contributed by atoms with E-state index in [0.717, 1.165) is 13.0 Å². The third kappa shape index (κ3) is 6.58. The van der Waals surface area contributed by atoms with Crippen LogP contribution in [0.15, 0.2) is 0 Å². The molecule has 3 N–H and O–H groups in total. The van der Waals surface area contributed by atoms with Crippen LogP contribution in [-0.4, -0.2) is 19.3 Å². The van der Waals surface area contributed by atoms with Gasteiger partial charge in [0.15, 0.2) is 0 Å². The zero-order valence-electron chi connectivity index (χ0n) is 8.68. The van der Waals surface area contributed by atoms with Gasteiger partial charge >= 0.3 is 0 Å². The lowest BCUT2D eigenvalue weighted by molar-refractivity contribution is 0.107. The molecule has 0 aromatic heterocycles. The van der Waals surface area contributed by atoms with E-state index >= 15 is 0 Å². The van der Waals surface area contributed by atoms with Crippen LogP contribution in [0.3, 0.4) is 0 Å². The van der Waals surface area contributed by atoms with Gasteiger partial charge in [-0.25, -0.2) is 0 Å². The van der Waals surface area contributed by atoms with E-state index in [1.165, 1.54) is 0 Å². The summed E-state index contributed by atoms with van der Waals surface area (Å²) in [5, 5.41) is 0. The zero-order valence-corrected chi connectivity index (χ0v) is 8.68. The first-order valence-electron chi connectivity index (χ1n) is 4.53. The van der Waals surface area contributed by atoms with Gasteiger partial charge in [0.2, 0.25) is 0 Å². The van der Waals surface area contributed by atoms with E-state index in [2.05, 4.69) is 26.2 Å². The largest absolute Gasteiger partial charge is 0.380 e. The number of hydrogen-bond donors (Lipinski definition) is 2. The monoisotopic (exact) mass is 174 g/mol. The Morgan fingerprint density at radius 3 is 2.33 bits per heavy atom. The van der Waals surface area contributed by atoms with Crippen LogP contribution in [0.1, 0.15) is 34.1 Å². The van der Waals surface area contributed by atoms with Crippen molar-refractivity contribution in [2.24, 2.45) is 11.3 Å². The lowest BCUT2D eigenvalue weighted by Gasteiger charge is -2.25. The van der Waals surface area contributed by atoms with Crippen molar-refractivity contribution >= 4 is 0 Å². The molecule has 74 valence electrons. The van der Waals surface area contributed by atoms with Crippen LogP contribution in [0.2, 0.25) is 0 Å². The van der Waals surface area contributed by atoms with Crippen LogP contribution < -0.4 is 11.3 Å². The molecule has 1 atom stereocenters. The summed E-state index contributed by atoms with van der Waals surface area (Å²) in [4.78, 5) is 0. The molecule has 1 unspecified atom stereocenters. The van der Waals surface area contributed by atoms with E-state index in [9.17, 15) is 0 Å². The maximum absolute atomic E-state index is 5.39. The topological polar surface area (TPSA) is 47.3 Å². The third-order valence-electron chi connectivity index (χ3n) is 1.62. The minimum atomic E-state index is 0.268. The van der Waals surface area contributed by atoms with E-state index in [1.807, 2.05) is 6.92 Å². The Morgan fingerprint density at radius 1 is 1.42 bits per heavy atom. The second-order valence-corrected chi connectivity index (χ2v) is 4.29. The second-order valence-electron chi connectivity index (χ2n) is 4.29. The van der Waals surface area contributed by atoms with Gasteiger partial charge in [-0.2, -0.15) is 0 Å². The van der Waals surface area contributed by atoms with Gasteiger partial charge < -0.3 is 4.74 Å². The van der Waals surface area contributed by atoms with E-state index < -0.39 is 0 Å². The predicted octanol–water partition coefficient (Wildman–Crippen LogP) is 1.29. The van der Waals surface area contributed by atoms with Crippen molar-refractivity contribution in [2.45, 2.75) is 40.2 Å². The molecule has 0 saturated carbocycles. The Labute approximate surface area is 75.6 Å². The molecule has 0 heterocycles. The normalized spacial score (nSPS) is 14.8. The van der Waals surface area contributed by atoms with E-state index in [-0.39, 0.29) is 6.04 Å².